The van der Waals surface area contributed by atoms with Gasteiger partial charge in [-0.3, -0.25) is 9.80 Å². The minimum absolute atomic E-state index is 0.242. The Kier molecular flexibility index (Phi) is 5.22. The first-order chi connectivity index (χ1) is 12.6. The third kappa shape index (κ3) is 3.76. The Morgan fingerprint density at radius 2 is 1.81 bits per heavy atom. The van der Waals surface area contributed by atoms with Crippen LogP contribution in [-0.2, 0) is 11.3 Å². The van der Waals surface area contributed by atoms with Gasteiger partial charge in [0.1, 0.15) is 11.0 Å². The number of ether oxygens (including phenoxy) is 1. The summed E-state index contributed by atoms with van der Waals surface area (Å²) in [5.74, 6) is 0.797. The lowest BCUT2D eigenvalue weighted by Crippen LogP contribution is -2.48. The summed E-state index contributed by atoms with van der Waals surface area (Å²) in [7, 11) is 0. The van der Waals surface area contributed by atoms with E-state index in [1.165, 1.54) is 0 Å². The third-order valence-electron chi connectivity index (χ3n) is 5.64. The molecule has 4 atom stereocenters. The van der Waals surface area contributed by atoms with Gasteiger partial charge in [-0.1, -0.05) is 12.1 Å². The molecule has 4 rings (SSSR count). The summed E-state index contributed by atoms with van der Waals surface area (Å²) in [4.78, 5) is 4.92. The number of fused-ring (bicyclic) bond motifs is 1. The molecule has 0 unspecified atom stereocenters. The molecule has 26 heavy (non-hydrogen) atoms. The number of benzene rings is 1. The highest BCUT2D eigenvalue weighted by molar-refractivity contribution is 5.76. The normalized spacial score (nSPS) is 31.0. The van der Waals surface area contributed by atoms with Gasteiger partial charge in [-0.2, -0.15) is 0 Å². The van der Waals surface area contributed by atoms with Gasteiger partial charge in [-0.25, -0.2) is 4.63 Å². The van der Waals surface area contributed by atoms with Crippen molar-refractivity contribution >= 4 is 11.0 Å². The van der Waals surface area contributed by atoms with Gasteiger partial charge < -0.3 is 9.84 Å². The maximum absolute atomic E-state index is 9.89. The standard InChI is InChI=1S/C19H28N4O3/c1-13-6-22(7-14(2)25-13)9-16-10-23(11-17(16)12-24)8-15-4-3-5-18-19(15)21-26-20-18/h3-5,13-14,16-17,24H,6-12H2,1-2H3/t13-,14+,16-,17-/m0/s1. The average Bonchev–Trinajstić information content (AvgIpc) is 3.21. The number of aliphatic hydroxyl groups excluding tert-OH is 1. The lowest BCUT2D eigenvalue weighted by molar-refractivity contribution is -0.0727. The van der Waals surface area contributed by atoms with Crippen LogP contribution in [0.15, 0.2) is 22.8 Å². The van der Waals surface area contributed by atoms with Gasteiger partial charge in [-0.15, -0.1) is 0 Å². The fourth-order valence-electron chi connectivity index (χ4n) is 4.57. The van der Waals surface area contributed by atoms with E-state index in [0.29, 0.717) is 11.8 Å². The molecular formula is C19H28N4O3. The average molecular weight is 360 g/mol. The maximum atomic E-state index is 9.89. The van der Waals surface area contributed by atoms with Crippen molar-refractivity contribution < 1.29 is 14.5 Å². The Morgan fingerprint density at radius 3 is 2.58 bits per heavy atom. The highest BCUT2D eigenvalue weighted by Crippen LogP contribution is 2.28. The molecule has 7 heteroatoms. The van der Waals surface area contributed by atoms with Crippen molar-refractivity contribution in [2.75, 3.05) is 39.3 Å². The molecular weight excluding hydrogens is 332 g/mol. The van der Waals surface area contributed by atoms with Gasteiger partial charge in [0.15, 0.2) is 0 Å². The van der Waals surface area contributed by atoms with Crippen molar-refractivity contribution in [1.82, 2.24) is 20.1 Å². The summed E-state index contributed by atoms with van der Waals surface area (Å²) in [5.41, 5.74) is 2.77. The zero-order chi connectivity index (χ0) is 18.1. The van der Waals surface area contributed by atoms with Crippen molar-refractivity contribution in [1.29, 1.82) is 0 Å². The minimum Gasteiger partial charge on any atom is -0.396 e. The van der Waals surface area contributed by atoms with Crippen molar-refractivity contribution in [2.24, 2.45) is 11.8 Å². The number of aromatic nitrogens is 2. The molecule has 2 saturated heterocycles. The highest BCUT2D eigenvalue weighted by Gasteiger charge is 2.35. The number of hydrogen-bond acceptors (Lipinski definition) is 7. The molecule has 2 aromatic rings. The van der Waals surface area contributed by atoms with Crippen LogP contribution in [0.25, 0.3) is 11.0 Å². The van der Waals surface area contributed by atoms with E-state index in [1.807, 2.05) is 12.1 Å². The topological polar surface area (TPSA) is 74.9 Å². The second-order valence-electron chi connectivity index (χ2n) is 7.92. The van der Waals surface area contributed by atoms with E-state index in [2.05, 4.69) is 40.0 Å². The Labute approximate surface area is 153 Å². The van der Waals surface area contributed by atoms with Crippen LogP contribution in [0.5, 0.6) is 0 Å². The van der Waals surface area contributed by atoms with Gasteiger partial charge in [0.05, 0.1) is 12.2 Å². The first kappa shape index (κ1) is 17.9. The Balaban J connectivity index is 1.41. The van der Waals surface area contributed by atoms with Crippen LogP contribution in [0, 0.1) is 11.8 Å². The molecule has 2 aliphatic rings. The van der Waals surface area contributed by atoms with Gasteiger partial charge >= 0.3 is 0 Å². The van der Waals surface area contributed by atoms with Crippen LogP contribution in [0.4, 0.5) is 0 Å². The zero-order valence-corrected chi connectivity index (χ0v) is 15.5. The molecule has 1 aromatic heterocycles. The molecule has 0 saturated carbocycles. The number of morpholine rings is 1. The first-order valence-electron chi connectivity index (χ1n) is 9.53. The summed E-state index contributed by atoms with van der Waals surface area (Å²) in [5, 5.41) is 17.9. The van der Waals surface area contributed by atoms with E-state index in [-0.39, 0.29) is 18.8 Å². The van der Waals surface area contributed by atoms with Crippen molar-refractivity contribution in [2.45, 2.75) is 32.6 Å². The van der Waals surface area contributed by atoms with Crippen LogP contribution < -0.4 is 0 Å². The fraction of sp³-hybridized carbons (Fsp3) is 0.684. The molecule has 0 amide bonds. The Bertz CT molecular complexity index is 726. The van der Waals surface area contributed by atoms with E-state index in [0.717, 1.165) is 55.9 Å². The van der Waals surface area contributed by atoms with Crippen LogP contribution in [0.3, 0.4) is 0 Å². The third-order valence-corrected chi connectivity index (χ3v) is 5.64. The van der Waals surface area contributed by atoms with Crippen molar-refractivity contribution in [3.63, 3.8) is 0 Å². The first-order valence-corrected chi connectivity index (χ1v) is 9.53. The lowest BCUT2D eigenvalue weighted by atomic mass is 9.96. The molecule has 2 aliphatic heterocycles. The van der Waals surface area contributed by atoms with Crippen molar-refractivity contribution in [3.8, 4) is 0 Å². The van der Waals surface area contributed by atoms with Gasteiger partial charge in [0, 0.05) is 45.9 Å². The highest BCUT2D eigenvalue weighted by atomic mass is 16.6. The lowest BCUT2D eigenvalue weighted by Gasteiger charge is -2.37. The minimum atomic E-state index is 0.242. The summed E-state index contributed by atoms with van der Waals surface area (Å²) in [6.07, 6.45) is 0.558. The van der Waals surface area contributed by atoms with E-state index < -0.39 is 0 Å². The van der Waals surface area contributed by atoms with Gasteiger partial charge in [0.2, 0.25) is 0 Å². The van der Waals surface area contributed by atoms with Gasteiger partial charge in [-0.05, 0) is 47.6 Å². The summed E-state index contributed by atoms with van der Waals surface area (Å²) in [6, 6.07) is 5.99. The van der Waals surface area contributed by atoms with Crippen LogP contribution >= 0.6 is 0 Å². The van der Waals surface area contributed by atoms with E-state index in [4.69, 9.17) is 9.37 Å². The van der Waals surface area contributed by atoms with Crippen LogP contribution in [0.2, 0.25) is 0 Å². The number of aliphatic hydroxyl groups is 1. The summed E-state index contributed by atoms with van der Waals surface area (Å²) in [6.45, 7) is 10.2. The Morgan fingerprint density at radius 1 is 1.04 bits per heavy atom. The monoisotopic (exact) mass is 360 g/mol. The second-order valence-corrected chi connectivity index (χ2v) is 7.92. The fourth-order valence-corrected chi connectivity index (χ4v) is 4.57. The van der Waals surface area contributed by atoms with E-state index in [1.54, 1.807) is 0 Å². The van der Waals surface area contributed by atoms with Crippen LogP contribution in [0.1, 0.15) is 19.4 Å². The Hall–Kier alpha value is -1.54. The van der Waals surface area contributed by atoms with E-state index in [9.17, 15) is 5.11 Å². The largest absolute Gasteiger partial charge is 0.396 e. The summed E-state index contributed by atoms with van der Waals surface area (Å²) >= 11 is 0. The molecule has 7 nitrogen and oxygen atoms in total. The molecule has 0 spiro atoms. The molecule has 142 valence electrons. The maximum Gasteiger partial charge on any atom is 0.139 e. The molecule has 2 fully saturated rings. The molecule has 1 aromatic carbocycles. The molecule has 0 bridgehead atoms. The SMILES string of the molecule is C[C@@H]1CN(C[C@H]2CN(Cc3cccc4nonc34)C[C@H]2CO)C[C@H](C)O1. The van der Waals surface area contributed by atoms with E-state index >= 15 is 0 Å². The molecule has 0 radical (unpaired) electrons. The van der Waals surface area contributed by atoms with Gasteiger partial charge in [0.25, 0.3) is 0 Å². The number of hydrogen-bond donors (Lipinski definition) is 1. The zero-order valence-electron chi connectivity index (χ0n) is 15.5. The van der Waals surface area contributed by atoms with Crippen LogP contribution in [-0.4, -0.2) is 76.8 Å². The predicted octanol–water partition coefficient (Wildman–Crippen LogP) is 1.37. The molecule has 1 N–H and O–H groups in total. The summed E-state index contributed by atoms with van der Waals surface area (Å²) < 4.78 is 10.7. The smallest absolute Gasteiger partial charge is 0.139 e. The molecule has 3 heterocycles. The number of rotatable bonds is 5. The molecule has 0 aliphatic carbocycles. The second kappa shape index (κ2) is 7.60. The predicted molar refractivity (Wildman–Crippen MR) is 97.6 cm³/mol. The van der Waals surface area contributed by atoms with Crippen molar-refractivity contribution in [3.05, 3.63) is 23.8 Å². The number of nitrogens with zero attached hydrogens (tertiary/aromatic N) is 4. The number of likely N-dealkylation sites (tertiary alicyclic amines) is 1. The quantitative estimate of drug-likeness (QED) is 0.863.